The van der Waals surface area contributed by atoms with Gasteiger partial charge in [-0.1, -0.05) is 20.8 Å². The Morgan fingerprint density at radius 3 is 2.42 bits per heavy atom. The van der Waals surface area contributed by atoms with E-state index in [4.69, 9.17) is 15.6 Å². The first-order chi connectivity index (χ1) is 8.84. The number of amides is 1. The average molecular weight is 272 g/mol. The lowest BCUT2D eigenvalue weighted by molar-refractivity contribution is 0.0519. The van der Waals surface area contributed by atoms with Gasteiger partial charge in [-0.05, 0) is 43.1 Å². The van der Waals surface area contributed by atoms with E-state index in [1.807, 2.05) is 0 Å². The molecule has 0 aromatic carbocycles. The van der Waals surface area contributed by atoms with Crippen LogP contribution in [0.5, 0.6) is 0 Å². The predicted molar refractivity (Wildman–Crippen MR) is 75.1 cm³/mol. The number of hydrogen-bond donors (Lipinski definition) is 3. The van der Waals surface area contributed by atoms with Crippen molar-refractivity contribution in [3.63, 3.8) is 0 Å². The number of carboxylic acid groups (broad SMARTS) is 1. The number of carbonyl (C=O) groups is 1. The van der Waals surface area contributed by atoms with E-state index in [1.54, 1.807) is 0 Å². The van der Waals surface area contributed by atoms with Crippen LogP contribution in [0.3, 0.4) is 0 Å². The lowest BCUT2D eigenvalue weighted by Crippen LogP contribution is -2.50. The van der Waals surface area contributed by atoms with E-state index < -0.39 is 6.09 Å². The SMILES string of the molecule is CC(C)(C)C(NC(=O)O)[C@H](CN)CC1CCOCC1. The minimum atomic E-state index is -0.967. The van der Waals surface area contributed by atoms with Crippen LogP contribution in [0.15, 0.2) is 0 Å². The minimum absolute atomic E-state index is 0.113. The Hall–Kier alpha value is -0.810. The van der Waals surface area contributed by atoms with E-state index in [-0.39, 0.29) is 17.4 Å². The average Bonchev–Trinajstić information content (AvgIpc) is 2.33. The summed E-state index contributed by atoms with van der Waals surface area (Å²) in [6.07, 6.45) is 2.12. The van der Waals surface area contributed by atoms with Gasteiger partial charge in [0.1, 0.15) is 0 Å². The molecule has 112 valence electrons. The van der Waals surface area contributed by atoms with E-state index in [9.17, 15) is 4.79 Å². The predicted octanol–water partition coefficient (Wildman–Crippen LogP) is 2.06. The Bertz CT molecular complexity index is 283. The fraction of sp³-hybridized carbons (Fsp3) is 0.929. The molecule has 0 bridgehead atoms. The molecule has 1 rings (SSSR count). The van der Waals surface area contributed by atoms with Crippen molar-refractivity contribution in [2.24, 2.45) is 23.0 Å². The number of rotatable bonds is 5. The Kier molecular flexibility index (Phi) is 6.07. The monoisotopic (exact) mass is 272 g/mol. The second kappa shape index (κ2) is 7.10. The standard InChI is InChI=1S/C14H28N2O3/c1-14(2,3)12(16-13(17)18)11(9-15)8-10-4-6-19-7-5-10/h10-12,16H,4-9,15H2,1-3H3,(H,17,18)/t11-,12?/m0/s1. The molecule has 0 spiro atoms. The third-order valence-corrected chi connectivity index (χ3v) is 3.96. The summed E-state index contributed by atoms with van der Waals surface area (Å²) < 4.78 is 5.37. The number of hydrogen-bond acceptors (Lipinski definition) is 3. The van der Waals surface area contributed by atoms with Gasteiger partial charge in [-0.15, -0.1) is 0 Å². The second-order valence-corrected chi connectivity index (χ2v) is 6.58. The molecule has 1 aliphatic rings. The van der Waals surface area contributed by atoms with Gasteiger partial charge in [-0.25, -0.2) is 4.79 Å². The summed E-state index contributed by atoms with van der Waals surface area (Å²) >= 11 is 0. The summed E-state index contributed by atoms with van der Waals surface area (Å²) in [6, 6.07) is -0.113. The van der Waals surface area contributed by atoms with Crippen LogP contribution in [0.4, 0.5) is 4.79 Å². The number of nitrogens with two attached hydrogens (primary N) is 1. The first-order valence-corrected chi connectivity index (χ1v) is 7.12. The lowest BCUT2D eigenvalue weighted by Gasteiger charge is -2.38. The molecular formula is C14H28N2O3. The van der Waals surface area contributed by atoms with Crippen molar-refractivity contribution in [2.75, 3.05) is 19.8 Å². The molecule has 0 aliphatic carbocycles. The molecule has 1 amide bonds. The van der Waals surface area contributed by atoms with Crippen molar-refractivity contribution in [2.45, 2.75) is 46.1 Å². The quantitative estimate of drug-likeness (QED) is 0.715. The van der Waals surface area contributed by atoms with E-state index in [0.717, 1.165) is 32.5 Å². The summed E-state index contributed by atoms with van der Waals surface area (Å²) in [5.41, 5.74) is 5.77. The molecule has 0 saturated carbocycles. The first-order valence-electron chi connectivity index (χ1n) is 7.12. The van der Waals surface area contributed by atoms with Crippen LogP contribution < -0.4 is 11.1 Å². The number of ether oxygens (including phenoxy) is 1. The Labute approximate surface area is 115 Å². The fourth-order valence-corrected chi connectivity index (χ4v) is 2.95. The molecule has 1 aliphatic heterocycles. The highest BCUT2D eigenvalue weighted by molar-refractivity contribution is 5.65. The van der Waals surface area contributed by atoms with Crippen LogP contribution in [0.2, 0.25) is 0 Å². The van der Waals surface area contributed by atoms with Crippen LogP contribution in [-0.4, -0.2) is 37.0 Å². The second-order valence-electron chi connectivity index (χ2n) is 6.58. The zero-order chi connectivity index (χ0) is 14.5. The molecule has 0 radical (unpaired) electrons. The van der Waals surface area contributed by atoms with Gasteiger partial charge < -0.3 is 20.9 Å². The summed E-state index contributed by atoms with van der Waals surface area (Å²) in [7, 11) is 0. The summed E-state index contributed by atoms with van der Waals surface area (Å²) in [5.74, 6) is 0.780. The van der Waals surface area contributed by atoms with Crippen molar-refractivity contribution < 1.29 is 14.6 Å². The van der Waals surface area contributed by atoms with Crippen molar-refractivity contribution >= 4 is 6.09 Å². The highest BCUT2D eigenvalue weighted by Crippen LogP contribution is 2.31. The van der Waals surface area contributed by atoms with Crippen LogP contribution >= 0.6 is 0 Å². The third-order valence-electron chi connectivity index (χ3n) is 3.96. The van der Waals surface area contributed by atoms with Crippen LogP contribution in [0, 0.1) is 17.3 Å². The maximum absolute atomic E-state index is 11.0. The largest absolute Gasteiger partial charge is 0.465 e. The third kappa shape index (κ3) is 5.37. The van der Waals surface area contributed by atoms with Crippen LogP contribution in [-0.2, 0) is 4.74 Å². The number of nitrogens with one attached hydrogen (secondary N) is 1. The van der Waals surface area contributed by atoms with E-state index >= 15 is 0 Å². The van der Waals surface area contributed by atoms with Crippen molar-refractivity contribution in [3.8, 4) is 0 Å². The van der Waals surface area contributed by atoms with E-state index in [1.165, 1.54) is 0 Å². The molecule has 0 aromatic rings. The van der Waals surface area contributed by atoms with Gasteiger partial charge in [-0.3, -0.25) is 0 Å². The molecule has 1 fully saturated rings. The van der Waals surface area contributed by atoms with Gasteiger partial charge in [0, 0.05) is 19.3 Å². The molecule has 1 saturated heterocycles. The zero-order valence-electron chi connectivity index (χ0n) is 12.3. The van der Waals surface area contributed by atoms with E-state index in [0.29, 0.717) is 12.5 Å². The molecular weight excluding hydrogens is 244 g/mol. The maximum Gasteiger partial charge on any atom is 0.404 e. The Balaban J connectivity index is 2.68. The van der Waals surface area contributed by atoms with Gasteiger partial charge in [-0.2, -0.15) is 0 Å². The lowest BCUT2D eigenvalue weighted by atomic mass is 9.74. The highest BCUT2D eigenvalue weighted by atomic mass is 16.5. The van der Waals surface area contributed by atoms with Gasteiger partial charge in [0.15, 0.2) is 0 Å². The summed E-state index contributed by atoms with van der Waals surface area (Å²) in [5, 5.41) is 11.7. The first kappa shape index (κ1) is 16.2. The van der Waals surface area contributed by atoms with Crippen LogP contribution in [0.1, 0.15) is 40.0 Å². The molecule has 0 aromatic heterocycles. The zero-order valence-corrected chi connectivity index (χ0v) is 12.3. The maximum atomic E-state index is 11.0. The summed E-state index contributed by atoms with van der Waals surface area (Å²) in [4.78, 5) is 11.0. The fourth-order valence-electron chi connectivity index (χ4n) is 2.95. The van der Waals surface area contributed by atoms with Gasteiger partial charge in [0.05, 0.1) is 0 Å². The van der Waals surface area contributed by atoms with Crippen molar-refractivity contribution in [1.82, 2.24) is 5.32 Å². The van der Waals surface area contributed by atoms with Crippen molar-refractivity contribution in [1.29, 1.82) is 0 Å². The van der Waals surface area contributed by atoms with E-state index in [2.05, 4.69) is 26.1 Å². The molecule has 4 N–H and O–H groups in total. The van der Waals surface area contributed by atoms with Gasteiger partial charge in [0.2, 0.25) is 0 Å². The molecule has 5 heteroatoms. The normalized spacial score (nSPS) is 20.8. The molecule has 1 heterocycles. The highest BCUT2D eigenvalue weighted by Gasteiger charge is 2.34. The van der Waals surface area contributed by atoms with Crippen LogP contribution in [0.25, 0.3) is 0 Å². The molecule has 5 nitrogen and oxygen atoms in total. The smallest absolute Gasteiger partial charge is 0.404 e. The van der Waals surface area contributed by atoms with Crippen molar-refractivity contribution in [3.05, 3.63) is 0 Å². The Morgan fingerprint density at radius 1 is 1.42 bits per heavy atom. The minimum Gasteiger partial charge on any atom is -0.465 e. The molecule has 2 atom stereocenters. The molecule has 1 unspecified atom stereocenters. The molecule has 19 heavy (non-hydrogen) atoms. The Morgan fingerprint density at radius 2 is 2.00 bits per heavy atom. The van der Waals surface area contributed by atoms with Gasteiger partial charge in [0.25, 0.3) is 0 Å². The topological polar surface area (TPSA) is 84.6 Å². The van der Waals surface area contributed by atoms with Gasteiger partial charge >= 0.3 is 6.09 Å². The summed E-state index contributed by atoms with van der Waals surface area (Å²) in [6.45, 7) is 8.31.